The van der Waals surface area contributed by atoms with Gasteiger partial charge in [0.25, 0.3) is 0 Å². The summed E-state index contributed by atoms with van der Waals surface area (Å²) in [5.74, 6) is 1.76. The average molecular weight is 473 g/mol. The molecule has 2 aliphatic heterocycles. The summed E-state index contributed by atoms with van der Waals surface area (Å²) >= 11 is 6.16. The molecule has 0 bridgehead atoms. The fraction of sp³-hybridized carbons (Fsp3) is 0.440. The van der Waals surface area contributed by atoms with Crippen LogP contribution in [0.2, 0.25) is 5.02 Å². The highest BCUT2D eigenvalue weighted by Gasteiger charge is 2.31. The number of hydrogen-bond donors (Lipinski definition) is 1. The Labute approximate surface area is 198 Å². The highest BCUT2D eigenvalue weighted by Crippen LogP contribution is 2.33. The largest absolute Gasteiger partial charge is 0.495 e. The number of carbonyl (C=O) groups is 2. The van der Waals surface area contributed by atoms with Crippen molar-refractivity contribution in [1.82, 2.24) is 4.90 Å². The Kier molecular flexibility index (Phi) is 7.10. The first-order chi connectivity index (χ1) is 15.9. The van der Waals surface area contributed by atoms with Crippen LogP contribution in [0.5, 0.6) is 17.2 Å². The number of piperidine rings is 1. The zero-order chi connectivity index (χ0) is 23.5. The topological polar surface area (TPSA) is 77.1 Å². The molecule has 7 nitrogen and oxygen atoms in total. The van der Waals surface area contributed by atoms with E-state index in [1.807, 2.05) is 19.9 Å². The number of halogens is 1. The van der Waals surface area contributed by atoms with Crippen molar-refractivity contribution in [3.8, 4) is 17.2 Å². The van der Waals surface area contributed by atoms with Gasteiger partial charge in [-0.2, -0.15) is 0 Å². The fourth-order valence-corrected chi connectivity index (χ4v) is 4.47. The Morgan fingerprint density at radius 1 is 1.12 bits per heavy atom. The summed E-state index contributed by atoms with van der Waals surface area (Å²) in [6.45, 7) is 6.12. The van der Waals surface area contributed by atoms with Crippen molar-refractivity contribution in [3.63, 3.8) is 0 Å². The van der Waals surface area contributed by atoms with E-state index in [1.54, 1.807) is 31.4 Å². The van der Waals surface area contributed by atoms with E-state index in [-0.39, 0.29) is 23.7 Å². The van der Waals surface area contributed by atoms with Crippen molar-refractivity contribution in [3.05, 3.63) is 46.5 Å². The van der Waals surface area contributed by atoms with Crippen LogP contribution in [-0.4, -0.2) is 56.0 Å². The Morgan fingerprint density at radius 2 is 1.82 bits per heavy atom. The number of fused-ring (bicyclic) bond motifs is 1. The normalized spacial score (nSPS) is 17.3. The lowest BCUT2D eigenvalue weighted by atomic mass is 9.88. The van der Waals surface area contributed by atoms with Crippen LogP contribution in [0.3, 0.4) is 0 Å². The molecule has 0 aromatic heterocycles. The van der Waals surface area contributed by atoms with Gasteiger partial charge in [-0.05, 0) is 69.6 Å². The molecule has 1 amide bonds. The SMILES string of the molecule is COc1cc(Cl)c(C)cc1NC(=O)[C@@H](C)N1CCC(C(=O)c2ccc3c(c2)OCCO3)CC1. The van der Waals surface area contributed by atoms with Gasteiger partial charge in [0.2, 0.25) is 5.91 Å². The van der Waals surface area contributed by atoms with Crippen molar-refractivity contribution in [2.45, 2.75) is 32.7 Å². The van der Waals surface area contributed by atoms with Crippen molar-refractivity contribution in [2.24, 2.45) is 5.92 Å². The van der Waals surface area contributed by atoms with E-state index in [2.05, 4.69) is 10.2 Å². The highest BCUT2D eigenvalue weighted by atomic mass is 35.5. The van der Waals surface area contributed by atoms with Gasteiger partial charge in [0.05, 0.1) is 18.8 Å². The molecule has 0 unspecified atom stereocenters. The number of hydrogen-bond acceptors (Lipinski definition) is 6. The summed E-state index contributed by atoms with van der Waals surface area (Å²) in [6, 6.07) is 8.56. The van der Waals surface area contributed by atoms with Gasteiger partial charge in [0.15, 0.2) is 17.3 Å². The molecule has 176 valence electrons. The molecule has 1 atom stereocenters. The van der Waals surface area contributed by atoms with Crippen LogP contribution < -0.4 is 19.5 Å². The molecule has 1 fully saturated rings. The van der Waals surface area contributed by atoms with Gasteiger partial charge in [0.1, 0.15) is 19.0 Å². The second kappa shape index (κ2) is 10.0. The van der Waals surface area contributed by atoms with Crippen LogP contribution in [0.1, 0.15) is 35.7 Å². The van der Waals surface area contributed by atoms with E-state index in [0.717, 1.165) is 5.56 Å². The Balaban J connectivity index is 1.35. The van der Waals surface area contributed by atoms with Crippen LogP contribution in [0.15, 0.2) is 30.3 Å². The molecule has 1 N–H and O–H groups in total. The number of benzene rings is 2. The monoisotopic (exact) mass is 472 g/mol. The van der Waals surface area contributed by atoms with E-state index in [9.17, 15) is 9.59 Å². The second-order valence-corrected chi connectivity index (χ2v) is 8.91. The number of aryl methyl sites for hydroxylation is 1. The first kappa shape index (κ1) is 23.4. The number of amides is 1. The molecule has 2 aliphatic rings. The third kappa shape index (κ3) is 5.09. The summed E-state index contributed by atoms with van der Waals surface area (Å²) in [4.78, 5) is 28.1. The number of Topliss-reactive ketones (excluding diaryl/α,β-unsaturated/α-hetero) is 1. The first-order valence-electron chi connectivity index (χ1n) is 11.2. The van der Waals surface area contributed by atoms with E-state index in [1.165, 1.54) is 0 Å². The van der Waals surface area contributed by atoms with Crippen LogP contribution in [-0.2, 0) is 4.79 Å². The Bertz CT molecular complexity index is 1050. The summed E-state index contributed by atoms with van der Waals surface area (Å²) in [5, 5.41) is 3.54. The van der Waals surface area contributed by atoms with Crippen LogP contribution in [0.25, 0.3) is 0 Å². The quantitative estimate of drug-likeness (QED) is 0.630. The molecule has 4 rings (SSSR count). The smallest absolute Gasteiger partial charge is 0.241 e. The van der Waals surface area contributed by atoms with Crippen molar-refractivity contribution in [1.29, 1.82) is 0 Å². The van der Waals surface area contributed by atoms with E-state index in [0.29, 0.717) is 72.7 Å². The maximum atomic E-state index is 13.0. The summed E-state index contributed by atoms with van der Waals surface area (Å²) in [6.07, 6.45) is 1.41. The van der Waals surface area contributed by atoms with E-state index >= 15 is 0 Å². The number of rotatable bonds is 6. The maximum absolute atomic E-state index is 13.0. The number of anilines is 1. The molecule has 0 spiro atoms. The van der Waals surface area contributed by atoms with Gasteiger partial charge >= 0.3 is 0 Å². The zero-order valence-corrected chi connectivity index (χ0v) is 19.9. The lowest BCUT2D eigenvalue weighted by Gasteiger charge is -2.35. The standard InChI is InChI=1S/C25H29ClN2O5/c1-15-12-20(22(31-3)14-19(15)26)27-25(30)16(2)28-8-6-17(7-9-28)24(29)18-4-5-21-23(13-18)33-11-10-32-21/h4-5,12-14,16-17H,6-11H2,1-3H3,(H,27,30)/t16-/m1/s1. The molecule has 0 aliphatic carbocycles. The Hall–Kier alpha value is -2.77. The Morgan fingerprint density at radius 3 is 2.52 bits per heavy atom. The molecule has 0 saturated carbocycles. The number of ketones is 1. The van der Waals surface area contributed by atoms with Gasteiger partial charge in [0, 0.05) is 22.6 Å². The summed E-state index contributed by atoms with van der Waals surface area (Å²) < 4.78 is 16.5. The molecule has 2 heterocycles. The molecule has 8 heteroatoms. The van der Waals surface area contributed by atoms with E-state index in [4.69, 9.17) is 25.8 Å². The number of nitrogens with zero attached hydrogens (tertiary/aromatic N) is 1. The van der Waals surface area contributed by atoms with E-state index < -0.39 is 0 Å². The van der Waals surface area contributed by atoms with Gasteiger partial charge in [-0.3, -0.25) is 14.5 Å². The minimum Gasteiger partial charge on any atom is -0.495 e. The third-order valence-electron chi connectivity index (χ3n) is 6.39. The molecule has 33 heavy (non-hydrogen) atoms. The van der Waals surface area contributed by atoms with Crippen LogP contribution in [0.4, 0.5) is 5.69 Å². The molecule has 1 saturated heterocycles. The molecule has 2 aromatic carbocycles. The number of nitrogens with one attached hydrogen (secondary N) is 1. The second-order valence-electron chi connectivity index (χ2n) is 8.50. The van der Waals surface area contributed by atoms with Gasteiger partial charge in [-0.15, -0.1) is 0 Å². The number of carbonyl (C=O) groups excluding carboxylic acids is 2. The fourth-order valence-electron chi connectivity index (χ4n) is 4.31. The van der Waals surface area contributed by atoms with Crippen molar-refractivity contribution < 1.29 is 23.8 Å². The molecule has 0 radical (unpaired) electrons. The lowest BCUT2D eigenvalue weighted by molar-refractivity contribution is -0.121. The summed E-state index contributed by atoms with van der Waals surface area (Å²) in [7, 11) is 1.55. The molecule has 2 aromatic rings. The van der Waals surface area contributed by atoms with Crippen molar-refractivity contribution >= 4 is 29.0 Å². The van der Waals surface area contributed by atoms with Crippen molar-refractivity contribution in [2.75, 3.05) is 38.7 Å². The summed E-state index contributed by atoms with van der Waals surface area (Å²) in [5.41, 5.74) is 2.10. The van der Waals surface area contributed by atoms with Crippen LogP contribution >= 0.6 is 11.6 Å². The molecular weight excluding hydrogens is 444 g/mol. The minimum absolute atomic E-state index is 0.0712. The highest BCUT2D eigenvalue weighted by molar-refractivity contribution is 6.31. The third-order valence-corrected chi connectivity index (χ3v) is 6.80. The van der Waals surface area contributed by atoms with Gasteiger partial charge in [-0.1, -0.05) is 11.6 Å². The maximum Gasteiger partial charge on any atom is 0.241 e. The number of ether oxygens (including phenoxy) is 3. The predicted molar refractivity (Wildman–Crippen MR) is 127 cm³/mol. The average Bonchev–Trinajstić information content (AvgIpc) is 2.85. The zero-order valence-electron chi connectivity index (χ0n) is 19.2. The van der Waals surface area contributed by atoms with Crippen LogP contribution in [0, 0.1) is 12.8 Å². The number of likely N-dealkylation sites (tertiary alicyclic amines) is 1. The van der Waals surface area contributed by atoms with Gasteiger partial charge < -0.3 is 19.5 Å². The predicted octanol–water partition coefficient (Wildman–Crippen LogP) is 4.35. The number of methoxy groups -OCH3 is 1. The molecular formula is C25H29ClN2O5. The van der Waals surface area contributed by atoms with Gasteiger partial charge in [-0.25, -0.2) is 0 Å². The first-order valence-corrected chi connectivity index (χ1v) is 11.6. The lowest BCUT2D eigenvalue weighted by Crippen LogP contribution is -2.47. The minimum atomic E-state index is -0.337.